The second-order valence-electron chi connectivity index (χ2n) is 6.17. The topological polar surface area (TPSA) is 84.5 Å². The molecule has 0 aromatic heterocycles. The summed E-state index contributed by atoms with van der Waals surface area (Å²) in [6.45, 7) is 0.440. The molecule has 134 valence electrons. The third-order valence-electron chi connectivity index (χ3n) is 4.27. The number of ether oxygens (including phenoxy) is 1. The van der Waals surface area contributed by atoms with Crippen LogP contribution in [0.5, 0.6) is 5.75 Å². The maximum absolute atomic E-state index is 12.4. The summed E-state index contributed by atoms with van der Waals surface area (Å²) < 4.78 is 30.0. The minimum atomic E-state index is -3.16. The van der Waals surface area contributed by atoms with E-state index < -0.39 is 10.0 Å². The maximum Gasteiger partial charge on any atom is 0.227 e. The largest absolute Gasteiger partial charge is 0.495 e. The van der Waals surface area contributed by atoms with E-state index in [9.17, 15) is 13.2 Å². The zero-order valence-corrected chi connectivity index (χ0v) is 15.4. The highest BCUT2D eigenvalue weighted by Gasteiger charge is 2.27. The summed E-state index contributed by atoms with van der Waals surface area (Å²) in [4.78, 5) is 12.4. The molecule has 0 saturated heterocycles. The number of anilines is 1. The van der Waals surface area contributed by atoms with Gasteiger partial charge in [-0.25, -0.2) is 13.1 Å². The number of nitrogens with one attached hydrogen (secondary N) is 2. The van der Waals surface area contributed by atoms with Gasteiger partial charge in [0.1, 0.15) is 5.75 Å². The predicted octanol–water partition coefficient (Wildman–Crippen LogP) is 2.64. The third-order valence-corrected chi connectivity index (χ3v) is 5.20. The van der Waals surface area contributed by atoms with Crippen LogP contribution >= 0.6 is 11.6 Å². The molecule has 0 bridgehead atoms. The predicted molar refractivity (Wildman–Crippen MR) is 94.9 cm³/mol. The molecule has 1 aliphatic rings. The van der Waals surface area contributed by atoms with E-state index in [1.54, 1.807) is 25.3 Å². The van der Waals surface area contributed by atoms with Crippen molar-refractivity contribution in [1.82, 2.24) is 4.72 Å². The van der Waals surface area contributed by atoms with Crippen LogP contribution in [-0.4, -0.2) is 34.2 Å². The Morgan fingerprint density at radius 3 is 2.54 bits per heavy atom. The molecule has 1 aromatic carbocycles. The molecule has 0 aliphatic heterocycles. The minimum Gasteiger partial charge on any atom is -0.495 e. The lowest BCUT2D eigenvalue weighted by Crippen LogP contribution is -2.33. The second-order valence-corrected chi connectivity index (χ2v) is 8.44. The minimum absolute atomic E-state index is 0.0508. The number of benzene rings is 1. The lowest BCUT2D eigenvalue weighted by Gasteiger charge is -2.27. The molecule has 24 heavy (non-hydrogen) atoms. The summed E-state index contributed by atoms with van der Waals surface area (Å²) in [5.41, 5.74) is 0.566. The van der Waals surface area contributed by atoms with Gasteiger partial charge in [-0.15, -0.1) is 0 Å². The fourth-order valence-corrected chi connectivity index (χ4v) is 3.62. The molecule has 0 radical (unpaired) electrons. The molecule has 2 N–H and O–H groups in total. The van der Waals surface area contributed by atoms with Crippen LogP contribution in [0.15, 0.2) is 18.2 Å². The molecular formula is C16H23ClN2O4S. The first-order valence-electron chi connectivity index (χ1n) is 7.87. The highest BCUT2D eigenvalue weighted by molar-refractivity contribution is 7.88. The average molecular weight is 375 g/mol. The Labute approximate surface area is 148 Å². The number of hydrogen-bond donors (Lipinski definition) is 2. The van der Waals surface area contributed by atoms with Crippen molar-refractivity contribution in [3.8, 4) is 5.75 Å². The summed E-state index contributed by atoms with van der Waals surface area (Å²) in [7, 11) is -1.62. The van der Waals surface area contributed by atoms with Crippen LogP contribution in [0.4, 0.5) is 5.69 Å². The van der Waals surface area contributed by atoms with Crippen molar-refractivity contribution in [3.05, 3.63) is 23.2 Å². The molecule has 1 fully saturated rings. The lowest BCUT2D eigenvalue weighted by molar-refractivity contribution is -0.121. The van der Waals surface area contributed by atoms with Crippen molar-refractivity contribution >= 4 is 33.2 Å². The number of methoxy groups -OCH3 is 1. The Balaban J connectivity index is 1.88. The maximum atomic E-state index is 12.4. The van der Waals surface area contributed by atoms with Crippen LogP contribution in [0.1, 0.15) is 25.7 Å². The fourth-order valence-electron chi connectivity index (χ4n) is 2.91. The Bertz CT molecular complexity index is 685. The highest BCUT2D eigenvalue weighted by atomic mass is 35.5. The van der Waals surface area contributed by atoms with Gasteiger partial charge in [-0.2, -0.15) is 0 Å². The van der Waals surface area contributed by atoms with Gasteiger partial charge in [-0.05, 0) is 49.8 Å². The van der Waals surface area contributed by atoms with Gasteiger partial charge in [0.15, 0.2) is 0 Å². The Kier molecular flexibility index (Phi) is 6.48. The van der Waals surface area contributed by atoms with E-state index in [1.165, 1.54) is 0 Å². The highest BCUT2D eigenvalue weighted by Crippen LogP contribution is 2.32. The number of halogens is 1. The van der Waals surface area contributed by atoms with Gasteiger partial charge < -0.3 is 10.1 Å². The molecule has 0 spiro atoms. The smallest absolute Gasteiger partial charge is 0.227 e. The van der Waals surface area contributed by atoms with E-state index in [0.717, 1.165) is 31.9 Å². The van der Waals surface area contributed by atoms with Crippen LogP contribution in [0, 0.1) is 11.8 Å². The van der Waals surface area contributed by atoms with Crippen molar-refractivity contribution in [2.24, 2.45) is 11.8 Å². The Hall–Kier alpha value is -1.31. The van der Waals surface area contributed by atoms with Crippen molar-refractivity contribution < 1.29 is 17.9 Å². The molecule has 0 unspecified atom stereocenters. The number of sulfonamides is 1. The van der Waals surface area contributed by atoms with E-state index in [4.69, 9.17) is 16.3 Å². The van der Waals surface area contributed by atoms with E-state index in [2.05, 4.69) is 10.0 Å². The zero-order chi connectivity index (χ0) is 17.7. The molecule has 2 rings (SSSR count). The summed E-state index contributed by atoms with van der Waals surface area (Å²) in [5, 5.41) is 3.41. The summed E-state index contributed by atoms with van der Waals surface area (Å²) in [6, 6.07) is 5.09. The molecule has 1 amide bonds. The second kappa shape index (κ2) is 8.18. The van der Waals surface area contributed by atoms with Gasteiger partial charge in [0, 0.05) is 17.5 Å². The fraction of sp³-hybridized carbons (Fsp3) is 0.562. The van der Waals surface area contributed by atoms with Crippen molar-refractivity contribution in [1.29, 1.82) is 0 Å². The summed E-state index contributed by atoms with van der Waals surface area (Å²) in [6.07, 6.45) is 4.29. The van der Waals surface area contributed by atoms with Gasteiger partial charge in [-0.3, -0.25) is 4.79 Å². The van der Waals surface area contributed by atoms with E-state index in [1.807, 2.05) is 0 Å². The molecule has 8 heteroatoms. The van der Waals surface area contributed by atoms with Crippen molar-refractivity contribution in [2.45, 2.75) is 25.7 Å². The number of carbonyl (C=O) groups is 1. The van der Waals surface area contributed by atoms with Gasteiger partial charge in [-0.1, -0.05) is 11.6 Å². The van der Waals surface area contributed by atoms with Crippen LogP contribution in [0.2, 0.25) is 5.02 Å². The quantitative estimate of drug-likeness (QED) is 0.801. The number of amides is 1. The lowest BCUT2D eigenvalue weighted by atomic mass is 9.81. The van der Waals surface area contributed by atoms with E-state index >= 15 is 0 Å². The third kappa shape index (κ3) is 5.65. The van der Waals surface area contributed by atoms with Crippen LogP contribution in [0.3, 0.4) is 0 Å². The first kappa shape index (κ1) is 19.0. The molecule has 1 saturated carbocycles. The van der Waals surface area contributed by atoms with Gasteiger partial charge in [0.25, 0.3) is 0 Å². The molecular weight excluding hydrogens is 352 g/mol. The standard InChI is InChI=1S/C16H23ClN2O4S/c1-23-15-8-7-13(17)9-14(15)19-16(20)12-5-3-11(4-6-12)10-18-24(2,21)22/h7-9,11-12,18H,3-6,10H2,1-2H3,(H,19,20). The number of carbonyl (C=O) groups excluding carboxylic acids is 1. The molecule has 1 aromatic rings. The SMILES string of the molecule is COc1ccc(Cl)cc1NC(=O)C1CCC(CNS(C)(=O)=O)CC1. The average Bonchev–Trinajstić information content (AvgIpc) is 2.53. The number of rotatable bonds is 6. The van der Waals surface area contributed by atoms with E-state index in [0.29, 0.717) is 23.0 Å². The number of hydrogen-bond acceptors (Lipinski definition) is 4. The van der Waals surface area contributed by atoms with Crippen molar-refractivity contribution in [2.75, 3.05) is 25.2 Å². The molecule has 0 atom stereocenters. The van der Waals surface area contributed by atoms with E-state index in [-0.39, 0.29) is 17.7 Å². The Morgan fingerprint density at radius 2 is 1.96 bits per heavy atom. The van der Waals surface area contributed by atoms with Crippen LogP contribution in [0.25, 0.3) is 0 Å². The van der Waals surface area contributed by atoms with Crippen LogP contribution in [-0.2, 0) is 14.8 Å². The normalized spacial score (nSPS) is 21.3. The van der Waals surface area contributed by atoms with Gasteiger partial charge in [0.05, 0.1) is 19.1 Å². The molecule has 0 heterocycles. The summed E-state index contributed by atoms with van der Waals surface area (Å²) in [5.74, 6) is 0.719. The summed E-state index contributed by atoms with van der Waals surface area (Å²) >= 11 is 5.97. The van der Waals surface area contributed by atoms with Crippen molar-refractivity contribution in [3.63, 3.8) is 0 Å². The van der Waals surface area contributed by atoms with Crippen LogP contribution < -0.4 is 14.8 Å². The van der Waals surface area contributed by atoms with Gasteiger partial charge in [0.2, 0.25) is 15.9 Å². The Morgan fingerprint density at radius 1 is 1.29 bits per heavy atom. The monoisotopic (exact) mass is 374 g/mol. The zero-order valence-electron chi connectivity index (χ0n) is 13.8. The van der Waals surface area contributed by atoms with Gasteiger partial charge >= 0.3 is 0 Å². The molecule has 6 nitrogen and oxygen atoms in total. The first-order chi connectivity index (χ1) is 11.3. The molecule has 1 aliphatic carbocycles. The first-order valence-corrected chi connectivity index (χ1v) is 10.1.